The van der Waals surface area contributed by atoms with E-state index in [-0.39, 0.29) is 0 Å². The molecule has 1 aliphatic rings. The van der Waals surface area contributed by atoms with E-state index in [1.54, 1.807) is 0 Å². The Bertz CT molecular complexity index is 273. The summed E-state index contributed by atoms with van der Waals surface area (Å²) in [6.45, 7) is 5.85. The SMILES string of the molecule is CC(C)(CNC1CC1)Cc1cccs1. The molecule has 1 nitrogen and oxygen atoms in total. The van der Waals surface area contributed by atoms with Crippen LogP contribution in [0.4, 0.5) is 0 Å². The lowest BCUT2D eigenvalue weighted by molar-refractivity contribution is 0.339. The Morgan fingerprint density at radius 1 is 1.50 bits per heavy atom. The van der Waals surface area contributed by atoms with Gasteiger partial charge in [0.05, 0.1) is 0 Å². The van der Waals surface area contributed by atoms with Crippen LogP contribution in [0.3, 0.4) is 0 Å². The maximum absolute atomic E-state index is 3.61. The van der Waals surface area contributed by atoms with Crippen LogP contribution in [0, 0.1) is 5.41 Å². The Morgan fingerprint density at radius 3 is 2.86 bits per heavy atom. The third-order valence-corrected chi connectivity index (χ3v) is 3.56. The predicted octanol–water partition coefficient (Wildman–Crippen LogP) is 3.07. The van der Waals surface area contributed by atoms with E-state index >= 15 is 0 Å². The first-order valence-electron chi connectivity index (χ1n) is 5.41. The second-order valence-electron chi connectivity index (χ2n) is 5.08. The smallest absolute Gasteiger partial charge is 0.00684 e. The van der Waals surface area contributed by atoms with Crippen LogP contribution in [0.2, 0.25) is 0 Å². The molecule has 1 aliphatic carbocycles. The number of nitrogens with one attached hydrogen (secondary N) is 1. The zero-order valence-corrected chi connectivity index (χ0v) is 9.86. The average Bonchev–Trinajstić information content (AvgIpc) is 2.82. The van der Waals surface area contributed by atoms with Gasteiger partial charge in [-0.2, -0.15) is 0 Å². The van der Waals surface area contributed by atoms with E-state index in [1.807, 2.05) is 11.3 Å². The Balaban J connectivity index is 1.81. The van der Waals surface area contributed by atoms with E-state index in [1.165, 1.54) is 24.1 Å². The summed E-state index contributed by atoms with van der Waals surface area (Å²) < 4.78 is 0. The topological polar surface area (TPSA) is 12.0 Å². The Labute approximate surface area is 90.5 Å². The molecule has 0 radical (unpaired) electrons. The van der Waals surface area contributed by atoms with Gasteiger partial charge in [0.1, 0.15) is 0 Å². The summed E-state index contributed by atoms with van der Waals surface area (Å²) >= 11 is 1.87. The fraction of sp³-hybridized carbons (Fsp3) is 0.667. The first-order chi connectivity index (χ1) is 6.66. The van der Waals surface area contributed by atoms with Crippen molar-refractivity contribution in [2.75, 3.05) is 6.54 Å². The Morgan fingerprint density at radius 2 is 2.29 bits per heavy atom. The molecule has 1 saturated carbocycles. The normalized spacial score (nSPS) is 17.3. The highest BCUT2D eigenvalue weighted by molar-refractivity contribution is 7.09. The summed E-state index contributed by atoms with van der Waals surface area (Å²) in [6, 6.07) is 5.21. The second kappa shape index (κ2) is 4.03. The van der Waals surface area contributed by atoms with Gasteiger partial charge < -0.3 is 5.32 Å². The minimum absolute atomic E-state index is 0.396. The van der Waals surface area contributed by atoms with E-state index in [2.05, 4.69) is 36.7 Å². The highest BCUT2D eigenvalue weighted by atomic mass is 32.1. The van der Waals surface area contributed by atoms with E-state index in [0.717, 1.165) is 12.6 Å². The van der Waals surface area contributed by atoms with Crippen molar-refractivity contribution in [3.05, 3.63) is 22.4 Å². The first-order valence-corrected chi connectivity index (χ1v) is 6.29. The van der Waals surface area contributed by atoms with E-state index in [0.29, 0.717) is 5.41 Å². The zero-order chi connectivity index (χ0) is 10.0. The monoisotopic (exact) mass is 209 g/mol. The van der Waals surface area contributed by atoms with Gasteiger partial charge in [-0.3, -0.25) is 0 Å². The summed E-state index contributed by atoms with van der Waals surface area (Å²) in [4.78, 5) is 1.51. The molecule has 0 amide bonds. The molecule has 14 heavy (non-hydrogen) atoms. The minimum Gasteiger partial charge on any atom is -0.313 e. The summed E-state index contributed by atoms with van der Waals surface area (Å²) in [5.74, 6) is 0. The van der Waals surface area contributed by atoms with Crippen LogP contribution in [0.25, 0.3) is 0 Å². The number of hydrogen-bond acceptors (Lipinski definition) is 2. The molecular formula is C12H19NS. The summed E-state index contributed by atoms with van der Waals surface area (Å²) in [6.07, 6.45) is 3.97. The van der Waals surface area contributed by atoms with Crippen molar-refractivity contribution in [2.45, 2.75) is 39.2 Å². The van der Waals surface area contributed by atoms with Crippen LogP contribution in [-0.2, 0) is 6.42 Å². The van der Waals surface area contributed by atoms with Gasteiger partial charge in [0, 0.05) is 17.5 Å². The van der Waals surface area contributed by atoms with Crippen LogP contribution < -0.4 is 5.32 Å². The second-order valence-corrected chi connectivity index (χ2v) is 6.11. The highest BCUT2D eigenvalue weighted by Gasteiger charge is 2.25. The molecule has 0 aliphatic heterocycles. The molecular weight excluding hydrogens is 190 g/mol. The van der Waals surface area contributed by atoms with Gasteiger partial charge in [-0.25, -0.2) is 0 Å². The standard InChI is InChI=1S/C12H19NS/c1-12(2,9-13-10-5-6-10)8-11-4-3-7-14-11/h3-4,7,10,13H,5-6,8-9H2,1-2H3. The van der Waals surface area contributed by atoms with Gasteiger partial charge in [0.15, 0.2) is 0 Å². The van der Waals surface area contributed by atoms with Crippen LogP contribution in [0.1, 0.15) is 31.6 Å². The number of hydrogen-bond donors (Lipinski definition) is 1. The van der Waals surface area contributed by atoms with E-state index in [4.69, 9.17) is 0 Å². The largest absolute Gasteiger partial charge is 0.313 e. The lowest BCUT2D eigenvalue weighted by atomic mass is 9.88. The van der Waals surface area contributed by atoms with Gasteiger partial charge in [0.2, 0.25) is 0 Å². The van der Waals surface area contributed by atoms with Gasteiger partial charge in [0.25, 0.3) is 0 Å². The highest BCUT2D eigenvalue weighted by Crippen LogP contribution is 2.26. The Kier molecular flexibility index (Phi) is 2.93. The van der Waals surface area contributed by atoms with Crippen LogP contribution >= 0.6 is 11.3 Å². The van der Waals surface area contributed by atoms with E-state index < -0.39 is 0 Å². The van der Waals surface area contributed by atoms with Crippen molar-refractivity contribution in [2.24, 2.45) is 5.41 Å². The molecule has 0 unspecified atom stereocenters. The first kappa shape index (κ1) is 10.2. The zero-order valence-electron chi connectivity index (χ0n) is 9.05. The number of thiophene rings is 1. The van der Waals surface area contributed by atoms with Gasteiger partial charge in [-0.1, -0.05) is 19.9 Å². The fourth-order valence-corrected chi connectivity index (χ4v) is 2.62. The van der Waals surface area contributed by atoms with Gasteiger partial charge in [-0.15, -0.1) is 11.3 Å². The van der Waals surface area contributed by atoms with E-state index in [9.17, 15) is 0 Å². The molecule has 1 N–H and O–H groups in total. The van der Waals surface area contributed by atoms with Crippen LogP contribution in [0.15, 0.2) is 17.5 Å². The number of rotatable bonds is 5. The maximum Gasteiger partial charge on any atom is 0.00684 e. The summed E-state index contributed by atoms with van der Waals surface area (Å²) in [7, 11) is 0. The maximum atomic E-state index is 3.61. The fourth-order valence-electron chi connectivity index (χ4n) is 1.66. The van der Waals surface area contributed by atoms with Crippen molar-refractivity contribution < 1.29 is 0 Å². The third kappa shape index (κ3) is 3.10. The molecule has 2 heteroatoms. The predicted molar refractivity (Wildman–Crippen MR) is 62.8 cm³/mol. The van der Waals surface area contributed by atoms with Crippen LogP contribution in [-0.4, -0.2) is 12.6 Å². The third-order valence-electron chi connectivity index (χ3n) is 2.68. The molecule has 1 fully saturated rings. The van der Waals surface area contributed by atoms with Gasteiger partial charge in [-0.05, 0) is 36.1 Å². The van der Waals surface area contributed by atoms with Crippen LogP contribution in [0.5, 0.6) is 0 Å². The summed E-state index contributed by atoms with van der Waals surface area (Å²) in [5, 5.41) is 5.78. The lowest BCUT2D eigenvalue weighted by Gasteiger charge is -2.24. The van der Waals surface area contributed by atoms with Crippen molar-refractivity contribution >= 4 is 11.3 Å². The van der Waals surface area contributed by atoms with Crippen molar-refractivity contribution in [1.82, 2.24) is 5.32 Å². The van der Waals surface area contributed by atoms with Crippen molar-refractivity contribution in [3.63, 3.8) is 0 Å². The lowest BCUT2D eigenvalue weighted by Crippen LogP contribution is -2.32. The van der Waals surface area contributed by atoms with Crippen molar-refractivity contribution in [3.8, 4) is 0 Å². The molecule has 1 heterocycles. The average molecular weight is 209 g/mol. The molecule has 0 spiro atoms. The summed E-state index contributed by atoms with van der Waals surface area (Å²) in [5.41, 5.74) is 0.396. The molecule has 0 bridgehead atoms. The Hall–Kier alpha value is -0.340. The van der Waals surface area contributed by atoms with Crippen molar-refractivity contribution in [1.29, 1.82) is 0 Å². The molecule has 0 atom stereocenters. The molecule has 0 aromatic carbocycles. The molecule has 2 rings (SSSR count). The molecule has 1 aromatic rings. The van der Waals surface area contributed by atoms with Gasteiger partial charge >= 0.3 is 0 Å². The quantitative estimate of drug-likeness (QED) is 0.786. The minimum atomic E-state index is 0.396. The molecule has 0 saturated heterocycles. The molecule has 1 aromatic heterocycles. The molecule has 78 valence electrons.